The maximum absolute atomic E-state index is 13.3. The highest BCUT2D eigenvalue weighted by atomic mass is 35.5. The highest BCUT2D eigenvalue weighted by Crippen LogP contribution is 2.46. The lowest BCUT2D eigenvalue weighted by molar-refractivity contribution is 0.0944. The van der Waals surface area contributed by atoms with Crippen molar-refractivity contribution in [1.29, 1.82) is 0 Å². The number of amides is 1. The zero-order valence-electron chi connectivity index (χ0n) is 17.9. The van der Waals surface area contributed by atoms with Gasteiger partial charge in [-0.25, -0.2) is 0 Å². The molecule has 0 saturated carbocycles. The van der Waals surface area contributed by atoms with Crippen LogP contribution in [-0.2, 0) is 13.0 Å². The van der Waals surface area contributed by atoms with Gasteiger partial charge >= 0.3 is 0 Å². The second kappa shape index (κ2) is 8.85. The molecule has 0 saturated heterocycles. The summed E-state index contributed by atoms with van der Waals surface area (Å²) >= 11 is 9.70. The molecule has 1 amide bonds. The molecule has 168 valence electrons. The van der Waals surface area contributed by atoms with Crippen molar-refractivity contribution in [3.63, 3.8) is 0 Å². The van der Waals surface area contributed by atoms with Gasteiger partial charge in [0.05, 0.1) is 17.9 Å². The molecule has 0 radical (unpaired) electrons. The molecule has 0 fully saturated rings. The number of rotatable bonds is 4. The molecular weight excluding hydrogens is 478 g/mol. The lowest BCUT2D eigenvalue weighted by Crippen LogP contribution is -2.32. The number of halogens is 1. The molecule has 1 aliphatic rings. The molecule has 6 nitrogen and oxygen atoms in total. The van der Waals surface area contributed by atoms with Crippen molar-refractivity contribution in [2.45, 2.75) is 37.0 Å². The summed E-state index contributed by atoms with van der Waals surface area (Å²) in [6.07, 6.45) is 0.526. The van der Waals surface area contributed by atoms with Gasteiger partial charge in [0.1, 0.15) is 5.56 Å². The number of carbonyl (C=O) groups is 1. The molecule has 1 unspecified atom stereocenters. The standard InChI is InChI=1S/C24H20ClN3O3S2/c1-13-8-16(31-27-13)12-26-24(30)23-18-11-22(20-4-3-7-32-20)33-21-10-15(25)5-6-17(21)28(18)14(2)9-19(23)29/h3-10,22H,11-12H2,1-2H3,(H,26,30). The van der Waals surface area contributed by atoms with Crippen LogP contribution in [0.25, 0.3) is 5.69 Å². The average molecular weight is 498 g/mol. The van der Waals surface area contributed by atoms with E-state index >= 15 is 0 Å². The number of aromatic nitrogens is 2. The van der Waals surface area contributed by atoms with Crippen LogP contribution in [0, 0.1) is 13.8 Å². The Kier molecular flexibility index (Phi) is 5.90. The molecular formula is C24H20ClN3O3S2. The predicted octanol–water partition coefficient (Wildman–Crippen LogP) is 5.48. The molecule has 3 aromatic heterocycles. The number of thiophene rings is 1. The Hall–Kier alpha value is -2.81. The van der Waals surface area contributed by atoms with Crippen LogP contribution < -0.4 is 10.7 Å². The minimum atomic E-state index is -0.426. The highest BCUT2D eigenvalue weighted by Gasteiger charge is 2.29. The Morgan fingerprint density at radius 2 is 2.12 bits per heavy atom. The molecule has 5 rings (SSSR count). The van der Waals surface area contributed by atoms with Gasteiger partial charge in [-0.05, 0) is 43.5 Å². The number of benzene rings is 1. The molecule has 9 heteroatoms. The van der Waals surface area contributed by atoms with Crippen molar-refractivity contribution in [2.75, 3.05) is 0 Å². The predicted molar refractivity (Wildman–Crippen MR) is 131 cm³/mol. The van der Waals surface area contributed by atoms with Crippen LogP contribution in [-0.4, -0.2) is 15.6 Å². The van der Waals surface area contributed by atoms with E-state index in [0.717, 1.165) is 22.0 Å². The summed E-state index contributed by atoms with van der Waals surface area (Å²) in [4.78, 5) is 28.6. The normalized spacial score (nSPS) is 14.9. The van der Waals surface area contributed by atoms with Gasteiger partial charge in [0.2, 0.25) is 0 Å². The number of aryl methyl sites for hydroxylation is 2. The third-order valence-corrected chi connectivity index (χ3v) is 8.15. The molecule has 4 aromatic rings. The number of thioether (sulfide) groups is 1. The largest absolute Gasteiger partial charge is 0.359 e. The van der Waals surface area contributed by atoms with E-state index in [9.17, 15) is 9.59 Å². The lowest BCUT2D eigenvalue weighted by atomic mass is 10.0. The van der Waals surface area contributed by atoms with Gasteiger partial charge in [-0.3, -0.25) is 9.59 Å². The first kappa shape index (κ1) is 22.0. The van der Waals surface area contributed by atoms with Gasteiger partial charge in [-0.15, -0.1) is 23.1 Å². The molecule has 33 heavy (non-hydrogen) atoms. The van der Waals surface area contributed by atoms with E-state index in [1.165, 1.54) is 10.9 Å². The van der Waals surface area contributed by atoms with Crippen LogP contribution in [0.2, 0.25) is 5.02 Å². The highest BCUT2D eigenvalue weighted by molar-refractivity contribution is 7.99. The number of carbonyl (C=O) groups excluding carboxylic acids is 1. The van der Waals surface area contributed by atoms with Crippen molar-refractivity contribution in [3.8, 4) is 5.69 Å². The molecule has 1 aliphatic heterocycles. The van der Waals surface area contributed by atoms with E-state index in [4.69, 9.17) is 16.1 Å². The number of hydrogen-bond acceptors (Lipinski definition) is 6. The Morgan fingerprint density at radius 1 is 1.27 bits per heavy atom. The zero-order valence-corrected chi connectivity index (χ0v) is 20.3. The average Bonchev–Trinajstić information content (AvgIpc) is 3.41. The van der Waals surface area contributed by atoms with Crippen molar-refractivity contribution in [1.82, 2.24) is 15.0 Å². The van der Waals surface area contributed by atoms with Gasteiger partial charge in [0, 0.05) is 50.0 Å². The maximum atomic E-state index is 13.3. The van der Waals surface area contributed by atoms with Gasteiger partial charge in [0.25, 0.3) is 5.91 Å². The molecule has 1 atom stereocenters. The topological polar surface area (TPSA) is 77.1 Å². The summed E-state index contributed by atoms with van der Waals surface area (Å²) in [5, 5.41) is 9.40. The minimum Gasteiger partial charge on any atom is -0.359 e. The van der Waals surface area contributed by atoms with E-state index in [0.29, 0.717) is 22.9 Å². The molecule has 0 spiro atoms. The Labute approximate surface area is 203 Å². The number of nitrogens with zero attached hydrogens (tertiary/aromatic N) is 2. The fourth-order valence-corrected chi connectivity index (χ4v) is 6.56. The Bertz CT molecular complexity index is 1410. The second-order valence-electron chi connectivity index (χ2n) is 7.86. The van der Waals surface area contributed by atoms with Gasteiger partial charge in [-0.2, -0.15) is 0 Å². The number of pyridine rings is 1. The fraction of sp³-hybridized carbons (Fsp3) is 0.208. The molecule has 4 heterocycles. The molecule has 0 aliphatic carbocycles. The summed E-state index contributed by atoms with van der Waals surface area (Å²) in [5.74, 6) is 0.108. The first-order valence-electron chi connectivity index (χ1n) is 10.4. The molecule has 1 N–H and O–H groups in total. The third kappa shape index (κ3) is 4.26. The van der Waals surface area contributed by atoms with Crippen LogP contribution in [0.4, 0.5) is 0 Å². The Balaban J connectivity index is 1.64. The molecule has 1 aromatic carbocycles. The summed E-state index contributed by atoms with van der Waals surface area (Å²) in [6.45, 7) is 3.85. The quantitative estimate of drug-likeness (QED) is 0.404. The van der Waals surface area contributed by atoms with Crippen LogP contribution in [0.3, 0.4) is 0 Å². The van der Waals surface area contributed by atoms with E-state index in [-0.39, 0.29) is 22.8 Å². The summed E-state index contributed by atoms with van der Waals surface area (Å²) < 4.78 is 7.21. The smallest absolute Gasteiger partial charge is 0.257 e. The van der Waals surface area contributed by atoms with E-state index in [2.05, 4.69) is 16.5 Å². The van der Waals surface area contributed by atoms with Gasteiger partial charge in [-0.1, -0.05) is 22.8 Å². The van der Waals surface area contributed by atoms with Crippen LogP contribution in [0.1, 0.15) is 43.3 Å². The fourth-order valence-electron chi connectivity index (χ4n) is 4.09. The van der Waals surface area contributed by atoms with Gasteiger partial charge in [0.15, 0.2) is 11.2 Å². The Morgan fingerprint density at radius 3 is 2.85 bits per heavy atom. The van der Waals surface area contributed by atoms with Crippen LogP contribution in [0.15, 0.2) is 62.1 Å². The van der Waals surface area contributed by atoms with E-state index < -0.39 is 5.91 Å². The first-order chi connectivity index (χ1) is 15.9. The van der Waals surface area contributed by atoms with Crippen molar-refractivity contribution in [2.24, 2.45) is 0 Å². The minimum absolute atomic E-state index is 0.0423. The van der Waals surface area contributed by atoms with Gasteiger partial charge < -0.3 is 14.4 Å². The van der Waals surface area contributed by atoms with Crippen molar-refractivity contribution >= 4 is 40.6 Å². The number of nitrogens with one attached hydrogen (secondary N) is 1. The number of hydrogen-bond donors (Lipinski definition) is 1. The van der Waals surface area contributed by atoms with E-state index in [1.807, 2.05) is 48.1 Å². The lowest BCUT2D eigenvalue weighted by Gasteiger charge is -2.19. The monoisotopic (exact) mass is 497 g/mol. The van der Waals surface area contributed by atoms with Crippen LogP contribution >= 0.6 is 34.7 Å². The van der Waals surface area contributed by atoms with E-state index in [1.54, 1.807) is 29.2 Å². The van der Waals surface area contributed by atoms with Crippen molar-refractivity contribution in [3.05, 3.63) is 96.4 Å². The van der Waals surface area contributed by atoms with Crippen molar-refractivity contribution < 1.29 is 9.32 Å². The second-order valence-corrected chi connectivity index (χ2v) is 10.5. The number of fused-ring (bicyclic) bond motifs is 3. The SMILES string of the molecule is Cc1cc(CNC(=O)c2c3n(c(C)cc2=O)-c2ccc(Cl)cc2SC(c2cccs2)C3)on1. The van der Waals surface area contributed by atoms with Crippen LogP contribution in [0.5, 0.6) is 0 Å². The summed E-state index contributed by atoms with van der Waals surface area (Å²) in [5.41, 5.74) is 2.97. The summed E-state index contributed by atoms with van der Waals surface area (Å²) in [7, 11) is 0. The maximum Gasteiger partial charge on any atom is 0.257 e. The zero-order chi connectivity index (χ0) is 23.1. The molecule has 0 bridgehead atoms. The first-order valence-corrected chi connectivity index (χ1v) is 12.5. The third-order valence-electron chi connectivity index (χ3n) is 5.50. The summed E-state index contributed by atoms with van der Waals surface area (Å²) in [6, 6.07) is 13.1.